The van der Waals surface area contributed by atoms with Crippen molar-refractivity contribution in [3.63, 3.8) is 0 Å². The van der Waals surface area contributed by atoms with Crippen molar-refractivity contribution in [3.8, 4) is 0 Å². The fraction of sp³-hybridized carbons (Fsp3) is 0.778. The second-order valence-corrected chi connectivity index (χ2v) is 5.03. The highest BCUT2D eigenvalue weighted by atomic mass is 35.5. The average molecular weight is 245 g/mol. The van der Waals surface area contributed by atoms with Crippen molar-refractivity contribution in [1.82, 2.24) is 13.6 Å². The van der Waals surface area contributed by atoms with Gasteiger partial charge in [-0.2, -0.15) is 8.75 Å². The van der Waals surface area contributed by atoms with E-state index in [-0.39, 0.29) is 0 Å². The minimum Gasteiger partial charge on any atom is -0.349 e. The summed E-state index contributed by atoms with van der Waals surface area (Å²) in [6.07, 6.45) is 2.46. The van der Waals surface area contributed by atoms with Gasteiger partial charge in [-0.05, 0) is 12.8 Å². The van der Waals surface area contributed by atoms with E-state index >= 15 is 0 Å². The Morgan fingerprint density at radius 3 is 2.60 bits per heavy atom. The van der Waals surface area contributed by atoms with Gasteiger partial charge in [-0.1, -0.05) is 11.6 Å². The van der Waals surface area contributed by atoms with Crippen LogP contribution in [0.15, 0.2) is 0 Å². The number of fused-ring (bicyclic) bond motifs is 4. The molecule has 0 radical (unpaired) electrons. The third-order valence-electron chi connectivity index (χ3n) is 3.36. The number of halogens is 1. The predicted octanol–water partition coefficient (Wildman–Crippen LogP) is 1.48. The summed E-state index contributed by atoms with van der Waals surface area (Å²) in [6, 6.07) is 0.616. The summed E-state index contributed by atoms with van der Waals surface area (Å²) < 4.78 is 8.35. The molecule has 2 bridgehead atoms. The largest absolute Gasteiger partial charge is 0.349 e. The smallest absolute Gasteiger partial charge is 0.187 e. The molecule has 0 spiro atoms. The Kier molecular flexibility index (Phi) is 2.54. The molecule has 0 saturated carbocycles. The van der Waals surface area contributed by atoms with Gasteiger partial charge in [0.15, 0.2) is 11.0 Å². The fourth-order valence-electron chi connectivity index (χ4n) is 2.51. The molecule has 0 atom stereocenters. The molecule has 1 aromatic heterocycles. The SMILES string of the molecule is Clc1nsnc1N1CCN2CCC1CC2. The van der Waals surface area contributed by atoms with E-state index in [0.717, 1.165) is 18.9 Å². The van der Waals surface area contributed by atoms with E-state index in [2.05, 4.69) is 18.5 Å². The van der Waals surface area contributed by atoms with E-state index in [0.29, 0.717) is 11.2 Å². The molecule has 4 nitrogen and oxygen atoms in total. The Hall–Kier alpha value is -0.390. The number of aromatic nitrogens is 2. The fourth-order valence-corrected chi connectivity index (χ4v) is 3.27. The summed E-state index contributed by atoms with van der Waals surface area (Å²) >= 11 is 7.25. The summed E-state index contributed by atoms with van der Waals surface area (Å²) in [7, 11) is 0. The summed E-state index contributed by atoms with van der Waals surface area (Å²) in [5, 5.41) is 0.570. The van der Waals surface area contributed by atoms with Crippen LogP contribution in [-0.4, -0.2) is 45.9 Å². The summed E-state index contributed by atoms with van der Waals surface area (Å²) in [4.78, 5) is 4.86. The van der Waals surface area contributed by atoms with E-state index in [9.17, 15) is 0 Å². The van der Waals surface area contributed by atoms with Crippen LogP contribution in [0.1, 0.15) is 12.8 Å². The molecular formula is C9H13ClN4S. The second-order valence-electron chi connectivity index (χ2n) is 4.14. The van der Waals surface area contributed by atoms with Gasteiger partial charge in [0.25, 0.3) is 0 Å². The van der Waals surface area contributed by atoms with E-state index in [4.69, 9.17) is 11.6 Å². The Bertz CT molecular complexity index is 348. The van der Waals surface area contributed by atoms with Gasteiger partial charge in [0.1, 0.15) is 0 Å². The van der Waals surface area contributed by atoms with Crippen LogP contribution >= 0.6 is 23.3 Å². The topological polar surface area (TPSA) is 32.3 Å². The summed E-state index contributed by atoms with van der Waals surface area (Å²) in [5.74, 6) is 0.899. The van der Waals surface area contributed by atoms with Gasteiger partial charge in [0.05, 0.1) is 11.7 Å². The molecule has 0 unspecified atom stereocenters. The molecule has 3 aliphatic rings. The molecule has 6 heteroatoms. The predicted molar refractivity (Wildman–Crippen MR) is 61.7 cm³/mol. The van der Waals surface area contributed by atoms with E-state index in [1.54, 1.807) is 0 Å². The molecule has 82 valence electrons. The van der Waals surface area contributed by atoms with Gasteiger partial charge in [0.2, 0.25) is 0 Å². The van der Waals surface area contributed by atoms with Gasteiger partial charge >= 0.3 is 0 Å². The van der Waals surface area contributed by atoms with Crippen LogP contribution in [0.5, 0.6) is 0 Å². The number of rotatable bonds is 1. The van der Waals surface area contributed by atoms with Crippen LogP contribution in [0.25, 0.3) is 0 Å². The standard InChI is InChI=1S/C9H13ClN4S/c10-8-9(12-15-11-8)14-6-5-13-3-1-7(14)2-4-13/h7H,1-6H2. The minimum atomic E-state index is 0.570. The molecule has 4 heterocycles. The molecule has 0 N–H and O–H groups in total. The molecule has 0 amide bonds. The van der Waals surface area contributed by atoms with Crippen LogP contribution in [0.2, 0.25) is 5.15 Å². The lowest BCUT2D eigenvalue weighted by Gasteiger charge is -2.31. The Balaban J connectivity index is 1.89. The molecule has 3 fully saturated rings. The zero-order valence-corrected chi connectivity index (χ0v) is 9.97. The second kappa shape index (κ2) is 3.88. The number of hydrogen-bond acceptors (Lipinski definition) is 5. The maximum atomic E-state index is 6.04. The van der Waals surface area contributed by atoms with Crippen molar-refractivity contribution in [2.75, 3.05) is 31.1 Å². The van der Waals surface area contributed by atoms with Gasteiger partial charge in [-0.3, -0.25) is 0 Å². The van der Waals surface area contributed by atoms with E-state index in [1.807, 2.05) is 0 Å². The number of anilines is 1. The summed E-state index contributed by atoms with van der Waals surface area (Å²) in [6.45, 7) is 4.60. The molecule has 0 aliphatic carbocycles. The van der Waals surface area contributed by atoms with Gasteiger partial charge in [-0.15, -0.1) is 0 Å². The molecule has 0 aromatic carbocycles. The van der Waals surface area contributed by atoms with Crippen LogP contribution in [-0.2, 0) is 0 Å². The third kappa shape index (κ3) is 1.73. The lowest BCUT2D eigenvalue weighted by Crippen LogP contribution is -2.38. The van der Waals surface area contributed by atoms with Gasteiger partial charge in [-0.25, -0.2) is 0 Å². The van der Waals surface area contributed by atoms with Crippen molar-refractivity contribution in [3.05, 3.63) is 5.15 Å². The Morgan fingerprint density at radius 1 is 1.13 bits per heavy atom. The van der Waals surface area contributed by atoms with Crippen molar-refractivity contribution >= 4 is 29.1 Å². The third-order valence-corrected chi connectivity index (χ3v) is 4.23. The molecular weight excluding hydrogens is 232 g/mol. The molecule has 1 aromatic rings. The van der Waals surface area contributed by atoms with Crippen molar-refractivity contribution in [2.24, 2.45) is 0 Å². The number of piperidine rings is 1. The van der Waals surface area contributed by atoms with Crippen LogP contribution < -0.4 is 4.90 Å². The van der Waals surface area contributed by atoms with Crippen molar-refractivity contribution < 1.29 is 0 Å². The first-order valence-electron chi connectivity index (χ1n) is 5.31. The number of hydrogen-bond donors (Lipinski definition) is 0. The first kappa shape index (κ1) is 9.81. The minimum absolute atomic E-state index is 0.570. The maximum absolute atomic E-state index is 6.04. The lowest BCUT2D eigenvalue weighted by atomic mass is 10.1. The maximum Gasteiger partial charge on any atom is 0.187 e. The first-order valence-corrected chi connectivity index (χ1v) is 6.42. The van der Waals surface area contributed by atoms with Gasteiger partial charge < -0.3 is 9.80 Å². The quantitative estimate of drug-likeness (QED) is 0.749. The zero-order chi connectivity index (χ0) is 10.3. The highest BCUT2D eigenvalue weighted by Crippen LogP contribution is 2.30. The van der Waals surface area contributed by atoms with Crippen molar-refractivity contribution in [1.29, 1.82) is 0 Å². The first-order chi connectivity index (χ1) is 7.34. The molecule has 4 rings (SSSR count). The highest BCUT2D eigenvalue weighted by Gasteiger charge is 2.31. The zero-order valence-electron chi connectivity index (χ0n) is 8.40. The number of nitrogens with zero attached hydrogens (tertiary/aromatic N) is 4. The average Bonchev–Trinajstić information content (AvgIpc) is 2.51. The van der Waals surface area contributed by atoms with E-state index in [1.165, 1.54) is 37.7 Å². The van der Waals surface area contributed by atoms with Crippen LogP contribution in [0.3, 0.4) is 0 Å². The Labute approximate surface area is 98.2 Å². The van der Waals surface area contributed by atoms with E-state index < -0.39 is 0 Å². The molecule has 3 aliphatic heterocycles. The molecule has 3 saturated heterocycles. The van der Waals surface area contributed by atoms with Crippen LogP contribution in [0.4, 0.5) is 5.82 Å². The summed E-state index contributed by atoms with van der Waals surface area (Å²) in [5.41, 5.74) is 0. The molecule has 15 heavy (non-hydrogen) atoms. The van der Waals surface area contributed by atoms with Crippen molar-refractivity contribution in [2.45, 2.75) is 18.9 Å². The normalized spacial score (nSPS) is 30.6. The van der Waals surface area contributed by atoms with Crippen LogP contribution in [0, 0.1) is 0 Å². The monoisotopic (exact) mass is 244 g/mol. The lowest BCUT2D eigenvalue weighted by molar-refractivity contribution is 0.250. The van der Waals surface area contributed by atoms with Gasteiger partial charge in [0, 0.05) is 32.2 Å². The Morgan fingerprint density at radius 2 is 1.93 bits per heavy atom. The highest BCUT2D eigenvalue weighted by molar-refractivity contribution is 6.99.